The number of piperazine rings is 1. The zero-order valence-corrected chi connectivity index (χ0v) is 21.7. The van der Waals surface area contributed by atoms with Gasteiger partial charge in [0.25, 0.3) is 0 Å². The van der Waals surface area contributed by atoms with E-state index in [0.717, 1.165) is 62.5 Å². The molecule has 0 aromatic heterocycles. The number of ether oxygens (including phenoxy) is 2. The van der Waals surface area contributed by atoms with E-state index in [2.05, 4.69) is 20.0 Å². The molecule has 1 amide bonds. The van der Waals surface area contributed by atoms with Gasteiger partial charge in [-0.1, -0.05) is 0 Å². The summed E-state index contributed by atoms with van der Waals surface area (Å²) in [5.74, 6) is 0.228. The normalized spacial score (nSPS) is 22.0. The van der Waals surface area contributed by atoms with Crippen LogP contribution in [0.1, 0.15) is 17.5 Å². The molecule has 2 aromatic rings. The van der Waals surface area contributed by atoms with E-state index in [9.17, 15) is 18.0 Å². The number of methoxy groups -OCH3 is 1. The third kappa shape index (κ3) is 5.86. The van der Waals surface area contributed by atoms with E-state index < -0.39 is 17.7 Å². The Labute approximate surface area is 221 Å². The van der Waals surface area contributed by atoms with Gasteiger partial charge in [-0.15, -0.1) is 0 Å². The molecule has 0 unspecified atom stereocenters. The minimum atomic E-state index is -4.42. The maximum Gasteiger partial charge on any atom is 0.416 e. The molecule has 7 nitrogen and oxygen atoms in total. The van der Waals surface area contributed by atoms with Gasteiger partial charge in [0.1, 0.15) is 5.75 Å². The number of amides is 1. The molecular weight excluding hydrogens is 497 g/mol. The van der Waals surface area contributed by atoms with Crippen molar-refractivity contribution in [1.29, 1.82) is 0 Å². The van der Waals surface area contributed by atoms with E-state index in [4.69, 9.17) is 9.47 Å². The molecule has 5 rings (SSSR count). The van der Waals surface area contributed by atoms with Crippen molar-refractivity contribution in [2.45, 2.75) is 25.1 Å². The van der Waals surface area contributed by atoms with Crippen molar-refractivity contribution in [2.24, 2.45) is 5.92 Å². The summed E-state index contributed by atoms with van der Waals surface area (Å²) in [7, 11) is 1.63. The van der Waals surface area contributed by atoms with Crippen LogP contribution < -0.4 is 19.9 Å². The average molecular weight is 533 g/mol. The summed E-state index contributed by atoms with van der Waals surface area (Å²) in [4.78, 5) is 20.2. The molecule has 3 heterocycles. The minimum absolute atomic E-state index is 0.0957. The van der Waals surface area contributed by atoms with E-state index in [1.807, 2.05) is 24.3 Å². The Hall–Kier alpha value is -2.98. The lowest BCUT2D eigenvalue weighted by atomic mass is 9.82. The van der Waals surface area contributed by atoms with Gasteiger partial charge in [-0.2, -0.15) is 13.2 Å². The van der Waals surface area contributed by atoms with Crippen LogP contribution in [-0.2, 0) is 22.1 Å². The summed E-state index contributed by atoms with van der Waals surface area (Å²) < 4.78 is 51.1. The third-order valence-corrected chi connectivity index (χ3v) is 7.87. The molecule has 2 fully saturated rings. The number of nitrogens with one attached hydrogen (secondary N) is 1. The Bertz CT molecular complexity index is 1110. The van der Waals surface area contributed by atoms with Crippen LogP contribution in [0.5, 0.6) is 5.75 Å². The summed E-state index contributed by atoms with van der Waals surface area (Å²) in [6.07, 6.45) is -3.32. The van der Waals surface area contributed by atoms with E-state index in [1.54, 1.807) is 13.2 Å². The van der Waals surface area contributed by atoms with Crippen LogP contribution >= 0.6 is 0 Å². The van der Waals surface area contributed by atoms with E-state index in [1.165, 1.54) is 6.07 Å². The Balaban J connectivity index is 1.33. The zero-order chi connectivity index (χ0) is 26.7. The second-order valence-electron chi connectivity index (χ2n) is 10.2. The fourth-order valence-electron chi connectivity index (χ4n) is 5.80. The number of carbonyl (C=O) groups excluding carboxylic acids is 1. The van der Waals surface area contributed by atoms with Crippen molar-refractivity contribution in [3.63, 3.8) is 0 Å². The molecule has 2 atom stereocenters. The molecule has 10 heteroatoms. The number of rotatable bonds is 7. The van der Waals surface area contributed by atoms with Crippen molar-refractivity contribution in [2.75, 3.05) is 75.9 Å². The number of hydrogen-bond donors (Lipinski definition) is 1. The lowest BCUT2D eigenvalue weighted by Gasteiger charge is -2.49. The molecular formula is C28H35F3N4O3. The van der Waals surface area contributed by atoms with Crippen molar-refractivity contribution in [1.82, 2.24) is 10.2 Å². The van der Waals surface area contributed by atoms with E-state index in [0.29, 0.717) is 31.7 Å². The number of fused-ring (bicyclic) bond motifs is 3. The van der Waals surface area contributed by atoms with Crippen LogP contribution in [0.3, 0.4) is 0 Å². The fourth-order valence-corrected chi connectivity index (χ4v) is 5.80. The highest BCUT2D eigenvalue weighted by molar-refractivity contribution is 5.82. The van der Waals surface area contributed by atoms with Gasteiger partial charge in [-0.25, -0.2) is 0 Å². The monoisotopic (exact) mass is 532 g/mol. The summed E-state index contributed by atoms with van der Waals surface area (Å²) in [6, 6.07) is 11.6. The van der Waals surface area contributed by atoms with Gasteiger partial charge in [-0.05, 0) is 67.4 Å². The molecule has 0 radical (unpaired) electrons. The van der Waals surface area contributed by atoms with Crippen molar-refractivity contribution in [3.8, 4) is 5.75 Å². The van der Waals surface area contributed by atoms with E-state index in [-0.39, 0.29) is 18.4 Å². The summed E-state index contributed by atoms with van der Waals surface area (Å²) in [5, 5.41) is 3.09. The van der Waals surface area contributed by atoms with Gasteiger partial charge in [0, 0.05) is 50.6 Å². The first-order valence-electron chi connectivity index (χ1n) is 13.3. The molecule has 1 N–H and O–H groups in total. The van der Waals surface area contributed by atoms with Gasteiger partial charge in [-0.3, -0.25) is 9.69 Å². The summed E-state index contributed by atoms with van der Waals surface area (Å²) in [5.41, 5.74) is 1.75. The second kappa shape index (κ2) is 11.4. The largest absolute Gasteiger partial charge is 0.497 e. The van der Waals surface area contributed by atoms with Gasteiger partial charge in [0.15, 0.2) is 0 Å². The first-order chi connectivity index (χ1) is 18.3. The number of alkyl halides is 3. The van der Waals surface area contributed by atoms with Crippen molar-refractivity contribution >= 4 is 17.3 Å². The van der Waals surface area contributed by atoms with Gasteiger partial charge in [0.05, 0.1) is 37.8 Å². The molecule has 0 aliphatic carbocycles. The number of anilines is 2. The lowest BCUT2D eigenvalue weighted by Crippen LogP contribution is -2.61. The quantitative estimate of drug-likeness (QED) is 0.552. The molecule has 0 saturated carbocycles. The maximum atomic E-state index is 13.5. The van der Waals surface area contributed by atoms with Crippen LogP contribution in [0.4, 0.5) is 24.5 Å². The number of morpholine rings is 1. The highest BCUT2D eigenvalue weighted by Gasteiger charge is 2.42. The first kappa shape index (κ1) is 26.6. The van der Waals surface area contributed by atoms with E-state index >= 15 is 0 Å². The minimum Gasteiger partial charge on any atom is -0.497 e. The lowest BCUT2D eigenvalue weighted by molar-refractivity contribution is -0.137. The Morgan fingerprint density at radius 1 is 1.08 bits per heavy atom. The van der Waals surface area contributed by atoms with Crippen LogP contribution in [0.25, 0.3) is 0 Å². The smallest absolute Gasteiger partial charge is 0.416 e. The second-order valence-corrected chi connectivity index (χ2v) is 10.2. The van der Waals surface area contributed by atoms with Crippen LogP contribution in [0.15, 0.2) is 42.5 Å². The molecule has 3 aliphatic rings. The predicted octanol–water partition coefficient (Wildman–Crippen LogP) is 3.42. The highest BCUT2D eigenvalue weighted by atomic mass is 19.4. The summed E-state index contributed by atoms with van der Waals surface area (Å²) in [6.45, 7) is 6.61. The molecule has 206 valence electrons. The standard InChI is InChI=1S/C28H35F3N4O3/c1-37-23-6-4-22(5-7-23)34-11-12-35-25-8-3-21(28(29,30)31)17-20(25)18-24(26(35)19-34)27(36)32-9-2-10-33-13-15-38-16-14-33/h3-8,17,24,26H,2,9-16,18-19H2,1H3,(H,32,36)/t24-,26+/m1/s1. The van der Waals surface area contributed by atoms with Gasteiger partial charge in [0.2, 0.25) is 5.91 Å². The predicted molar refractivity (Wildman–Crippen MR) is 140 cm³/mol. The topological polar surface area (TPSA) is 57.3 Å². The fraction of sp³-hybridized carbons (Fsp3) is 0.536. The van der Waals surface area contributed by atoms with Gasteiger partial charge < -0.3 is 24.6 Å². The molecule has 2 aromatic carbocycles. The Kier molecular flexibility index (Phi) is 7.99. The highest BCUT2D eigenvalue weighted by Crippen LogP contribution is 2.40. The number of hydrogen-bond acceptors (Lipinski definition) is 6. The van der Waals surface area contributed by atoms with Crippen LogP contribution in [-0.4, -0.2) is 83.0 Å². The molecule has 2 saturated heterocycles. The number of halogens is 3. The van der Waals surface area contributed by atoms with Crippen LogP contribution in [0, 0.1) is 5.92 Å². The van der Waals surface area contributed by atoms with Crippen molar-refractivity contribution < 1.29 is 27.4 Å². The third-order valence-electron chi connectivity index (χ3n) is 7.87. The van der Waals surface area contributed by atoms with Crippen molar-refractivity contribution in [3.05, 3.63) is 53.6 Å². The Morgan fingerprint density at radius 2 is 1.84 bits per heavy atom. The molecule has 38 heavy (non-hydrogen) atoms. The molecule has 0 bridgehead atoms. The Morgan fingerprint density at radius 3 is 2.55 bits per heavy atom. The SMILES string of the molecule is COc1ccc(N2CCN3c4ccc(C(F)(F)F)cc4C[C@@H](C(=O)NCCCN4CCOCC4)[C@@H]3C2)cc1. The number of benzene rings is 2. The first-order valence-corrected chi connectivity index (χ1v) is 13.3. The number of nitrogens with zero attached hydrogens (tertiary/aromatic N) is 3. The average Bonchev–Trinajstić information content (AvgIpc) is 2.94. The van der Waals surface area contributed by atoms with Crippen LogP contribution in [0.2, 0.25) is 0 Å². The zero-order valence-electron chi connectivity index (χ0n) is 21.7. The molecule has 0 spiro atoms. The van der Waals surface area contributed by atoms with Gasteiger partial charge >= 0.3 is 6.18 Å². The molecule has 3 aliphatic heterocycles. The maximum absolute atomic E-state index is 13.5. The summed E-state index contributed by atoms with van der Waals surface area (Å²) >= 11 is 0. The number of carbonyl (C=O) groups is 1.